The Labute approximate surface area is 161 Å². The third-order valence-electron chi connectivity index (χ3n) is 3.86. The number of carbonyl (C=O) groups excluding carboxylic acids is 2. The van der Waals surface area contributed by atoms with Crippen molar-refractivity contribution in [1.29, 1.82) is 0 Å². The van der Waals surface area contributed by atoms with Crippen LogP contribution >= 0.6 is 15.9 Å². The Bertz CT molecular complexity index is 800. The summed E-state index contributed by atoms with van der Waals surface area (Å²) < 4.78 is 11.4. The Morgan fingerprint density at radius 2 is 1.81 bits per heavy atom. The van der Waals surface area contributed by atoms with Gasteiger partial charge in [-0.25, -0.2) is 4.79 Å². The minimum absolute atomic E-state index is 0.0977. The van der Waals surface area contributed by atoms with Crippen LogP contribution in [0, 0.1) is 6.92 Å². The summed E-state index contributed by atoms with van der Waals surface area (Å²) in [7, 11) is 1.32. The van der Waals surface area contributed by atoms with Crippen molar-refractivity contribution in [3.8, 4) is 5.75 Å². The first-order valence-electron chi connectivity index (χ1n) is 8.23. The lowest BCUT2D eigenvalue weighted by atomic mass is 10.0. The Balaban J connectivity index is 2.01. The highest BCUT2D eigenvalue weighted by Gasteiger charge is 2.13. The first-order valence-corrected chi connectivity index (χ1v) is 9.02. The predicted octanol–water partition coefficient (Wildman–Crippen LogP) is 4.69. The topological polar surface area (TPSA) is 64.6 Å². The number of amides is 1. The Kier molecular flexibility index (Phi) is 6.80. The summed E-state index contributed by atoms with van der Waals surface area (Å²) in [6.07, 6.45) is 0. The van der Waals surface area contributed by atoms with Crippen LogP contribution in [-0.2, 0) is 9.53 Å². The summed E-state index contributed by atoms with van der Waals surface area (Å²) in [6.45, 7) is 6.03. The van der Waals surface area contributed by atoms with E-state index in [1.165, 1.54) is 7.11 Å². The maximum Gasteiger partial charge on any atom is 0.337 e. The van der Waals surface area contributed by atoms with Crippen molar-refractivity contribution in [2.45, 2.75) is 26.7 Å². The molecule has 0 saturated carbocycles. The van der Waals surface area contributed by atoms with Gasteiger partial charge in [0, 0.05) is 10.2 Å². The van der Waals surface area contributed by atoms with E-state index in [0.717, 1.165) is 15.6 Å². The van der Waals surface area contributed by atoms with Crippen molar-refractivity contribution < 1.29 is 19.1 Å². The fourth-order valence-electron chi connectivity index (χ4n) is 2.39. The van der Waals surface area contributed by atoms with Gasteiger partial charge in [-0.1, -0.05) is 29.8 Å². The minimum Gasteiger partial charge on any atom is -0.483 e. The van der Waals surface area contributed by atoms with E-state index in [9.17, 15) is 9.59 Å². The number of aryl methyl sites for hydroxylation is 1. The Morgan fingerprint density at radius 1 is 1.15 bits per heavy atom. The highest BCUT2D eigenvalue weighted by Crippen LogP contribution is 2.32. The molecule has 0 unspecified atom stereocenters. The van der Waals surface area contributed by atoms with E-state index in [1.807, 2.05) is 19.1 Å². The second-order valence-corrected chi connectivity index (χ2v) is 7.05. The molecule has 1 N–H and O–H groups in total. The lowest BCUT2D eigenvalue weighted by molar-refractivity contribution is -0.118. The molecule has 0 fully saturated rings. The molecule has 0 aliphatic carbocycles. The molecule has 0 saturated heterocycles. The number of benzene rings is 2. The molecule has 0 heterocycles. The second kappa shape index (κ2) is 8.85. The smallest absolute Gasteiger partial charge is 0.337 e. The van der Waals surface area contributed by atoms with Crippen molar-refractivity contribution in [3.05, 3.63) is 57.6 Å². The highest BCUT2D eigenvalue weighted by molar-refractivity contribution is 9.10. The van der Waals surface area contributed by atoms with Crippen molar-refractivity contribution in [2.75, 3.05) is 19.0 Å². The van der Waals surface area contributed by atoms with E-state index in [1.54, 1.807) is 24.3 Å². The van der Waals surface area contributed by atoms with Gasteiger partial charge in [-0.15, -0.1) is 0 Å². The fraction of sp³-hybridized carbons (Fsp3) is 0.300. The zero-order valence-corrected chi connectivity index (χ0v) is 16.8. The van der Waals surface area contributed by atoms with Gasteiger partial charge in [0.25, 0.3) is 5.91 Å². The van der Waals surface area contributed by atoms with Gasteiger partial charge in [0.15, 0.2) is 6.61 Å². The van der Waals surface area contributed by atoms with Crippen LogP contribution in [0.2, 0.25) is 0 Å². The second-order valence-electron chi connectivity index (χ2n) is 6.20. The molecule has 6 heteroatoms. The molecule has 0 aromatic heterocycles. The van der Waals surface area contributed by atoms with Crippen LogP contribution in [-0.4, -0.2) is 25.6 Å². The quantitative estimate of drug-likeness (QED) is 0.689. The van der Waals surface area contributed by atoms with Gasteiger partial charge in [0.1, 0.15) is 5.75 Å². The van der Waals surface area contributed by atoms with Crippen LogP contribution in [0.3, 0.4) is 0 Å². The van der Waals surface area contributed by atoms with E-state index in [4.69, 9.17) is 4.74 Å². The molecule has 0 bridgehead atoms. The number of ether oxygens (including phenoxy) is 2. The van der Waals surface area contributed by atoms with Gasteiger partial charge < -0.3 is 14.8 Å². The van der Waals surface area contributed by atoms with Gasteiger partial charge in [-0.3, -0.25) is 4.79 Å². The van der Waals surface area contributed by atoms with Gasteiger partial charge in [-0.2, -0.15) is 0 Å². The van der Waals surface area contributed by atoms with Crippen LogP contribution in [0.5, 0.6) is 5.75 Å². The fourth-order valence-corrected chi connectivity index (χ4v) is 2.76. The first-order chi connectivity index (χ1) is 12.3. The van der Waals surface area contributed by atoms with Gasteiger partial charge in [0.2, 0.25) is 0 Å². The average Bonchev–Trinajstić information content (AvgIpc) is 2.62. The van der Waals surface area contributed by atoms with Crippen LogP contribution in [0.15, 0.2) is 40.9 Å². The molecule has 0 radical (unpaired) electrons. The lowest BCUT2D eigenvalue weighted by Gasteiger charge is -2.16. The first kappa shape index (κ1) is 20.0. The molecule has 2 aromatic rings. The number of carbonyl (C=O) groups is 2. The molecule has 2 rings (SSSR count). The number of anilines is 1. The Morgan fingerprint density at radius 3 is 2.38 bits per heavy atom. The molecule has 5 nitrogen and oxygen atoms in total. The summed E-state index contributed by atoms with van der Waals surface area (Å²) in [5.74, 6) is 0.289. The van der Waals surface area contributed by atoms with Gasteiger partial charge in [0.05, 0.1) is 12.7 Å². The maximum atomic E-state index is 12.2. The van der Waals surface area contributed by atoms with Crippen LogP contribution < -0.4 is 10.1 Å². The zero-order valence-electron chi connectivity index (χ0n) is 15.3. The number of esters is 1. The van der Waals surface area contributed by atoms with Crippen LogP contribution in [0.4, 0.5) is 5.69 Å². The number of methoxy groups -OCH3 is 1. The molecule has 1 amide bonds. The van der Waals surface area contributed by atoms with Crippen molar-refractivity contribution in [3.63, 3.8) is 0 Å². The largest absolute Gasteiger partial charge is 0.483 e. The molecular formula is C20H22BrNO4. The van der Waals surface area contributed by atoms with Crippen molar-refractivity contribution in [1.82, 2.24) is 0 Å². The van der Waals surface area contributed by atoms with Crippen molar-refractivity contribution >= 4 is 33.5 Å². The number of hydrogen-bond donors (Lipinski definition) is 1. The number of halogens is 1. The van der Waals surface area contributed by atoms with E-state index in [-0.39, 0.29) is 18.4 Å². The normalized spacial score (nSPS) is 10.5. The SMILES string of the molecule is COC(=O)c1ccc(NC(=O)COc2cc(C)c(Br)cc2C(C)C)cc1. The third kappa shape index (κ3) is 5.08. The molecule has 2 aromatic carbocycles. The van der Waals surface area contributed by atoms with E-state index >= 15 is 0 Å². The lowest BCUT2D eigenvalue weighted by Crippen LogP contribution is -2.20. The predicted molar refractivity (Wildman–Crippen MR) is 105 cm³/mol. The highest BCUT2D eigenvalue weighted by atomic mass is 79.9. The molecular weight excluding hydrogens is 398 g/mol. The molecule has 26 heavy (non-hydrogen) atoms. The molecule has 0 aliphatic rings. The standard InChI is InChI=1S/C20H22BrNO4/c1-12(2)16-10-17(21)13(3)9-18(16)26-11-19(23)22-15-7-5-14(6-8-15)20(24)25-4/h5-10,12H,11H2,1-4H3,(H,22,23). The number of hydrogen-bond acceptors (Lipinski definition) is 4. The monoisotopic (exact) mass is 419 g/mol. The van der Waals surface area contributed by atoms with Gasteiger partial charge in [-0.05, 0) is 60.4 Å². The summed E-state index contributed by atoms with van der Waals surface area (Å²) in [5, 5.41) is 2.75. The van der Waals surface area contributed by atoms with E-state index in [0.29, 0.717) is 17.0 Å². The number of rotatable bonds is 6. The third-order valence-corrected chi connectivity index (χ3v) is 4.72. The van der Waals surface area contributed by atoms with E-state index in [2.05, 4.69) is 39.8 Å². The zero-order chi connectivity index (χ0) is 19.3. The molecule has 0 atom stereocenters. The molecule has 138 valence electrons. The van der Waals surface area contributed by atoms with Crippen LogP contribution in [0.25, 0.3) is 0 Å². The number of nitrogens with one attached hydrogen (secondary N) is 1. The molecule has 0 aliphatic heterocycles. The minimum atomic E-state index is -0.418. The van der Waals surface area contributed by atoms with Gasteiger partial charge >= 0.3 is 5.97 Å². The summed E-state index contributed by atoms with van der Waals surface area (Å²) >= 11 is 3.53. The van der Waals surface area contributed by atoms with Crippen molar-refractivity contribution in [2.24, 2.45) is 0 Å². The van der Waals surface area contributed by atoms with Crippen LogP contribution in [0.1, 0.15) is 41.3 Å². The summed E-state index contributed by atoms with van der Waals surface area (Å²) in [6, 6.07) is 10.4. The Hall–Kier alpha value is -2.34. The summed E-state index contributed by atoms with van der Waals surface area (Å²) in [4.78, 5) is 23.6. The maximum absolute atomic E-state index is 12.2. The van der Waals surface area contributed by atoms with E-state index < -0.39 is 5.97 Å². The summed E-state index contributed by atoms with van der Waals surface area (Å²) in [5.41, 5.74) is 3.09. The molecule has 0 spiro atoms. The average molecular weight is 420 g/mol.